The molecule has 0 aliphatic heterocycles. The van der Waals surface area contributed by atoms with Gasteiger partial charge in [0, 0.05) is 5.88 Å². The monoisotopic (exact) mass is 142 g/mol. The second kappa shape index (κ2) is 23.1. The zero-order valence-electron chi connectivity index (χ0n) is 7.08. The summed E-state index contributed by atoms with van der Waals surface area (Å²) >= 11 is 5.30. The van der Waals surface area contributed by atoms with Crippen molar-refractivity contribution in [2.75, 3.05) is 5.88 Å². The zero-order valence-corrected chi connectivity index (χ0v) is 7.83. The number of halogens is 1. The Morgan fingerprint density at radius 3 is 1.67 bits per heavy atom. The fourth-order valence-electron chi connectivity index (χ4n) is 0.134. The topological polar surface area (TPSA) is 0 Å². The number of hydrogen-bond donors (Lipinski definition) is 0. The van der Waals surface area contributed by atoms with E-state index in [1.807, 2.05) is 20.3 Å². The van der Waals surface area contributed by atoms with Gasteiger partial charge in [-0.25, -0.2) is 0 Å². The van der Waals surface area contributed by atoms with Crippen LogP contribution in [0.2, 0.25) is 0 Å². The van der Waals surface area contributed by atoms with Gasteiger partial charge in [0.2, 0.25) is 0 Å². The molecule has 0 nitrogen and oxygen atoms in total. The third-order valence-corrected chi connectivity index (χ3v) is 0.754. The van der Waals surface area contributed by atoms with E-state index in [1.54, 1.807) is 0 Å². The van der Waals surface area contributed by atoms with Crippen LogP contribution in [0.4, 0.5) is 0 Å². The van der Waals surface area contributed by atoms with Gasteiger partial charge >= 0.3 is 18.9 Å². The summed E-state index contributed by atoms with van der Waals surface area (Å²) in [5.41, 5.74) is 0. The molecule has 0 aromatic rings. The maximum absolute atomic E-state index is 5.30. The summed E-state index contributed by atoms with van der Waals surface area (Å²) in [6.07, 6.45) is 4.37. The van der Waals surface area contributed by atoms with Crippen LogP contribution in [0.3, 0.4) is 0 Å². The molecule has 0 aliphatic carbocycles. The van der Waals surface area contributed by atoms with Crippen LogP contribution in [0.5, 0.6) is 0 Å². The third kappa shape index (κ3) is 50.6. The van der Waals surface area contributed by atoms with Crippen LogP contribution >= 0.6 is 11.6 Å². The maximum Gasteiger partial charge on any atom is 1.00 e. The van der Waals surface area contributed by atoms with E-state index in [2.05, 4.69) is 6.92 Å². The Labute approximate surface area is 76.5 Å². The van der Waals surface area contributed by atoms with Crippen molar-refractivity contribution in [1.82, 2.24) is 0 Å². The summed E-state index contributed by atoms with van der Waals surface area (Å²) in [6.45, 7) is 6.13. The van der Waals surface area contributed by atoms with E-state index in [4.69, 9.17) is 11.6 Å². The molecule has 0 radical (unpaired) electrons. The molecule has 0 atom stereocenters. The van der Waals surface area contributed by atoms with Crippen molar-refractivity contribution in [3.63, 3.8) is 0 Å². The fourth-order valence-corrected chi connectivity index (χ4v) is 0.401. The first-order valence-electron chi connectivity index (χ1n) is 3.13. The van der Waals surface area contributed by atoms with E-state index in [9.17, 15) is 0 Å². The molecule has 0 aromatic carbocycles. The molecule has 0 bridgehead atoms. The molecule has 0 aromatic heterocycles. The van der Waals surface area contributed by atoms with Gasteiger partial charge in [-0.2, -0.15) is 13.8 Å². The van der Waals surface area contributed by atoms with Crippen LogP contribution in [0, 0.1) is 6.42 Å². The van der Waals surface area contributed by atoms with Crippen molar-refractivity contribution in [1.29, 1.82) is 0 Å². The Kier molecular flexibility index (Phi) is 42.3. The van der Waals surface area contributed by atoms with Crippen LogP contribution in [0.1, 0.15) is 33.6 Å². The van der Waals surface area contributed by atoms with Gasteiger partial charge in [0.25, 0.3) is 0 Å². The Hall–Kier alpha value is 0.887. The van der Waals surface area contributed by atoms with Crippen molar-refractivity contribution >= 4 is 11.6 Å². The number of unbranched alkanes of at least 4 members (excludes halogenated alkanes) is 1. The zero-order chi connectivity index (χ0) is 6.83. The first-order chi connectivity index (χ1) is 3.83. The Morgan fingerprint density at radius 1 is 1.33 bits per heavy atom. The second-order valence-corrected chi connectivity index (χ2v) is 2.00. The summed E-state index contributed by atoms with van der Waals surface area (Å²) in [4.78, 5) is 0. The van der Waals surface area contributed by atoms with E-state index >= 15 is 0 Å². The normalized spacial score (nSPS) is 6.67. The van der Waals surface area contributed by atoms with Gasteiger partial charge in [-0.1, -0.05) is 13.3 Å². The molecule has 0 fully saturated rings. The van der Waals surface area contributed by atoms with Crippen LogP contribution < -0.4 is 18.9 Å². The molecular weight excluding hydrogens is 126 g/mol. The van der Waals surface area contributed by atoms with Crippen molar-refractivity contribution in [2.45, 2.75) is 33.6 Å². The standard InChI is InChI=1S/C4H9Cl.C3H7.Li/c1-2-3-4-5;1-3-2;/h2-4H2,1H3;3H,1-2H3;/q;-1;+1. The summed E-state index contributed by atoms with van der Waals surface area (Å²) in [5.74, 6) is 0.816. The molecule has 0 amide bonds. The predicted molar refractivity (Wildman–Crippen MR) is 41.3 cm³/mol. The molecule has 0 heterocycles. The molecule has 0 aliphatic rings. The molecule has 0 N–H and O–H groups in total. The number of rotatable bonds is 2. The summed E-state index contributed by atoms with van der Waals surface area (Å²) in [7, 11) is 0. The van der Waals surface area contributed by atoms with Gasteiger partial charge in [0.05, 0.1) is 0 Å². The van der Waals surface area contributed by atoms with Crippen molar-refractivity contribution in [3.8, 4) is 0 Å². The average Bonchev–Trinajstić information content (AvgIpc) is 1.71. The smallest absolute Gasteiger partial charge is 0.335 e. The molecular formula is C7H16ClLi. The average molecular weight is 143 g/mol. The SMILES string of the molecule is CCCCCl.C[CH-]C.[Li+]. The van der Waals surface area contributed by atoms with Gasteiger partial charge in [-0.3, -0.25) is 0 Å². The minimum absolute atomic E-state index is 0. The number of hydrogen-bond acceptors (Lipinski definition) is 0. The summed E-state index contributed by atoms with van der Waals surface area (Å²) in [6, 6.07) is 0. The van der Waals surface area contributed by atoms with Gasteiger partial charge < -0.3 is 6.42 Å². The van der Waals surface area contributed by atoms with E-state index in [1.165, 1.54) is 6.42 Å². The van der Waals surface area contributed by atoms with Crippen LogP contribution in [0.25, 0.3) is 0 Å². The minimum Gasteiger partial charge on any atom is -0.335 e. The number of alkyl halides is 1. The quantitative estimate of drug-likeness (QED) is 0.295. The molecule has 0 unspecified atom stereocenters. The fraction of sp³-hybridized carbons (Fsp3) is 0.857. The van der Waals surface area contributed by atoms with E-state index < -0.39 is 0 Å². The Bertz CT molecular complexity index is 22.9. The van der Waals surface area contributed by atoms with E-state index in [0.717, 1.165) is 12.3 Å². The molecule has 2 heteroatoms. The van der Waals surface area contributed by atoms with Crippen molar-refractivity contribution < 1.29 is 18.9 Å². The first kappa shape index (κ1) is 16.5. The predicted octanol–water partition coefficient (Wildman–Crippen LogP) is 0.260. The molecule has 0 spiro atoms. The molecule has 9 heavy (non-hydrogen) atoms. The minimum atomic E-state index is 0. The van der Waals surface area contributed by atoms with Gasteiger partial charge in [-0.05, 0) is 6.42 Å². The summed E-state index contributed by atoms with van der Waals surface area (Å²) < 4.78 is 0. The molecule has 0 rings (SSSR count). The summed E-state index contributed by atoms with van der Waals surface area (Å²) in [5, 5.41) is 0. The molecule has 52 valence electrons. The van der Waals surface area contributed by atoms with Crippen molar-refractivity contribution in [2.24, 2.45) is 0 Å². The van der Waals surface area contributed by atoms with E-state index in [0.29, 0.717) is 0 Å². The van der Waals surface area contributed by atoms with Gasteiger partial charge in [-0.15, -0.1) is 11.6 Å². The molecule has 0 saturated heterocycles. The first-order valence-corrected chi connectivity index (χ1v) is 3.66. The van der Waals surface area contributed by atoms with E-state index in [-0.39, 0.29) is 18.9 Å². The van der Waals surface area contributed by atoms with Gasteiger partial charge in [0.1, 0.15) is 0 Å². The van der Waals surface area contributed by atoms with Crippen LogP contribution in [-0.4, -0.2) is 5.88 Å². The van der Waals surface area contributed by atoms with Crippen LogP contribution in [0.15, 0.2) is 0 Å². The Morgan fingerprint density at radius 2 is 1.67 bits per heavy atom. The Balaban J connectivity index is -0.0000000800. The maximum atomic E-state index is 5.30. The molecule has 0 saturated carbocycles. The second-order valence-electron chi connectivity index (χ2n) is 1.62. The largest absolute Gasteiger partial charge is 1.00 e. The van der Waals surface area contributed by atoms with Crippen molar-refractivity contribution in [3.05, 3.63) is 6.42 Å². The third-order valence-electron chi connectivity index (χ3n) is 0.487. The van der Waals surface area contributed by atoms with Gasteiger partial charge in [0.15, 0.2) is 0 Å². The van der Waals surface area contributed by atoms with Crippen LogP contribution in [-0.2, 0) is 0 Å².